The molecule has 0 aliphatic rings. The Bertz CT molecular complexity index is 811. The molecule has 0 spiro atoms. The predicted octanol–water partition coefficient (Wildman–Crippen LogP) is 2.72. The van der Waals surface area contributed by atoms with Crippen molar-refractivity contribution in [1.82, 2.24) is 10.6 Å². The van der Waals surface area contributed by atoms with E-state index in [4.69, 9.17) is 0 Å². The molecule has 2 N–H and O–H groups in total. The number of rotatable bonds is 6. The highest BCUT2D eigenvalue weighted by Gasteiger charge is 2.29. The first-order valence-electron chi connectivity index (χ1n) is 8.57. The fourth-order valence-electron chi connectivity index (χ4n) is 2.36. The van der Waals surface area contributed by atoms with Crippen molar-refractivity contribution >= 4 is 103 Å². The minimum Gasteiger partial charge on any atom is -0.352 e. The first kappa shape index (κ1) is 26.3. The first-order valence-corrected chi connectivity index (χ1v) is 11.8. The smallest absolute Gasteiger partial charge is 0.254 e. The topological polar surface area (TPSA) is 98.8 Å². The monoisotopic (exact) mass is 740 g/mol. The van der Waals surface area contributed by atoms with Crippen LogP contribution in [0.4, 0.5) is 11.4 Å². The van der Waals surface area contributed by atoms with Crippen molar-refractivity contribution in [3.05, 3.63) is 16.3 Å². The molecule has 11 heteroatoms. The van der Waals surface area contributed by atoms with Crippen LogP contribution in [0.1, 0.15) is 38.1 Å². The van der Waals surface area contributed by atoms with E-state index in [9.17, 15) is 19.2 Å². The molecule has 0 fully saturated rings. The largest absolute Gasteiger partial charge is 0.352 e. The lowest BCUT2D eigenvalue weighted by atomic mass is 10.1. The first-order chi connectivity index (χ1) is 13.3. The summed E-state index contributed by atoms with van der Waals surface area (Å²) in [4.78, 5) is 51.8. The Morgan fingerprint density at radius 1 is 0.862 bits per heavy atom. The predicted molar refractivity (Wildman–Crippen MR) is 138 cm³/mol. The molecule has 0 saturated carbocycles. The molecule has 1 aromatic carbocycles. The van der Waals surface area contributed by atoms with Gasteiger partial charge in [0.1, 0.15) is 0 Å². The molecule has 0 bridgehead atoms. The summed E-state index contributed by atoms with van der Waals surface area (Å²) in [5.41, 5.74) is 1.40. The van der Waals surface area contributed by atoms with Crippen molar-refractivity contribution in [1.29, 1.82) is 0 Å². The number of anilines is 2. The summed E-state index contributed by atoms with van der Waals surface area (Å²) in [6, 6.07) is -0.0374. The van der Waals surface area contributed by atoms with Gasteiger partial charge in [-0.1, -0.05) is 0 Å². The minimum absolute atomic E-state index is 0.0374. The summed E-state index contributed by atoms with van der Waals surface area (Å²) in [7, 11) is 3.23. The van der Waals surface area contributed by atoms with Gasteiger partial charge in [0.25, 0.3) is 5.91 Å². The second-order valence-corrected chi connectivity index (χ2v) is 9.81. The Morgan fingerprint density at radius 2 is 1.28 bits per heavy atom. The average Bonchev–Trinajstić information content (AvgIpc) is 2.58. The highest BCUT2D eigenvalue weighted by Crippen LogP contribution is 2.41. The van der Waals surface area contributed by atoms with Gasteiger partial charge in [0.05, 0.1) is 34.2 Å². The van der Waals surface area contributed by atoms with E-state index < -0.39 is 5.91 Å². The maximum Gasteiger partial charge on any atom is 0.254 e. The Labute approximate surface area is 211 Å². The number of halogens is 3. The molecule has 0 aliphatic heterocycles. The summed E-state index contributed by atoms with van der Waals surface area (Å²) < 4.78 is 1.81. The lowest BCUT2D eigenvalue weighted by Gasteiger charge is -2.27. The Hall–Kier alpha value is -0.710. The van der Waals surface area contributed by atoms with Crippen LogP contribution in [0.3, 0.4) is 0 Å². The molecule has 0 unspecified atom stereocenters. The third-order valence-corrected chi connectivity index (χ3v) is 7.09. The zero-order chi connectivity index (χ0) is 22.6. The fraction of sp³-hybridized carbons (Fsp3) is 0.444. The van der Waals surface area contributed by atoms with Gasteiger partial charge in [-0.3, -0.25) is 19.2 Å². The highest BCUT2D eigenvalue weighted by atomic mass is 127. The molecule has 0 aromatic heterocycles. The summed E-state index contributed by atoms with van der Waals surface area (Å²) in [6.07, 6.45) is 0. The molecule has 29 heavy (non-hydrogen) atoms. The van der Waals surface area contributed by atoms with E-state index in [0.29, 0.717) is 27.6 Å². The Morgan fingerprint density at radius 3 is 1.62 bits per heavy atom. The zero-order valence-corrected chi connectivity index (χ0v) is 23.4. The molecule has 160 valence electrons. The van der Waals surface area contributed by atoms with Gasteiger partial charge in [-0.25, -0.2) is 0 Å². The third kappa shape index (κ3) is 6.38. The summed E-state index contributed by atoms with van der Waals surface area (Å²) in [5.74, 6) is -1.17. The molecule has 1 aromatic rings. The van der Waals surface area contributed by atoms with Crippen LogP contribution in [0.5, 0.6) is 0 Å². The number of benzene rings is 1. The third-order valence-electron chi connectivity index (χ3n) is 3.97. The molecule has 0 aliphatic carbocycles. The molecule has 0 heterocycles. The number of carbonyl (C=O) groups is 4. The van der Waals surface area contributed by atoms with Crippen LogP contribution < -0.4 is 20.4 Å². The van der Waals surface area contributed by atoms with Gasteiger partial charge in [0, 0.05) is 34.0 Å². The van der Waals surface area contributed by atoms with E-state index in [2.05, 4.69) is 33.2 Å². The molecule has 0 radical (unpaired) electrons. The van der Waals surface area contributed by atoms with Gasteiger partial charge in [-0.05, 0) is 81.6 Å². The SMILES string of the molecule is CC(=O)N(C)c1c(I)c(C(=O)NCC(=O)NC(C)C)c(I)c(N(C)C(C)=O)c1I. The second-order valence-electron chi connectivity index (χ2n) is 6.58. The molecular weight excluding hydrogens is 717 g/mol. The average molecular weight is 740 g/mol. The van der Waals surface area contributed by atoms with Gasteiger partial charge < -0.3 is 20.4 Å². The Kier molecular flexibility index (Phi) is 10.0. The van der Waals surface area contributed by atoms with Crippen LogP contribution in [0.15, 0.2) is 0 Å². The van der Waals surface area contributed by atoms with E-state index in [1.54, 1.807) is 14.1 Å². The summed E-state index contributed by atoms with van der Waals surface area (Å²) in [5, 5.41) is 5.34. The lowest BCUT2D eigenvalue weighted by Crippen LogP contribution is -2.40. The van der Waals surface area contributed by atoms with Gasteiger partial charge >= 0.3 is 0 Å². The van der Waals surface area contributed by atoms with E-state index in [1.165, 1.54) is 23.6 Å². The van der Waals surface area contributed by atoms with E-state index in [1.807, 2.05) is 59.0 Å². The molecule has 1 rings (SSSR count). The zero-order valence-electron chi connectivity index (χ0n) is 16.9. The number of hydrogen-bond donors (Lipinski definition) is 2. The van der Waals surface area contributed by atoms with Crippen LogP contribution >= 0.6 is 67.8 Å². The number of nitrogens with zero attached hydrogens (tertiary/aromatic N) is 2. The maximum absolute atomic E-state index is 13.0. The van der Waals surface area contributed by atoms with Gasteiger partial charge in [-0.2, -0.15) is 0 Å². The van der Waals surface area contributed by atoms with E-state index >= 15 is 0 Å². The van der Waals surface area contributed by atoms with Crippen LogP contribution in [-0.4, -0.2) is 50.3 Å². The minimum atomic E-state index is -0.453. The van der Waals surface area contributed by atoms with Crippen molar-refractivity contribution in [2.24, 2.45) is 0 Å². The number of nitrogens with one attached hydrogen (secondary N) is 2. The maximum atomic E-state index is 13.0. The molecule has 8 nitrogen and oxygen atoms in total. The van der Waals surface area contributed by atoms with Gasteiger partial charge in [0.15, 0.2) is 0 Å². The van der Waals surface area contributed by atoms with Crippen LogP contribution in [-0.2, 0) is 14.4 Å². The van der Waals surface area contributed by atoms with Crippen molar-refractivity contribution in [3.63, 3.8) is 0 Å². The molecule has 0 saturated heterocycles. The summed E-state index contributed by atoms with van der Waals surface area (Å²) in [6.45, 7) is 6.34. The number of amides is 4. The standard InChI is InChI=1S/C18H23I3N4O4/c1-8(2)23-11(28)7-22-18(29)12-13(19)16(24(5)9(3)26)15(21)17(14(12)20)25(6)10(4)27/h8H,7H2,1-6H3,(H,22,29)(H,23,28). The van der Waals surface area contributed by atoms with E-state index in [-0.39, 0.29) is 30.3 Å². The van der Waals surface area contributed by atoms with E-state index in [0.717, 1.165) is 0 Å². The quantitative estimate of drug-likeness (QED) is 0.439. The number of hydrogen-bond acceptors (Lipinski definition) is 4. The second kappa shape index (κ2) is 11.1. The lowest BCUT2D eigenvalue weighted by molar-refractivity contribution is -0.120. The van der Waals surface area contributed by atoms with Crippen LogP contribution in [0.2, 0.25) is 0 Å². The van der Waals surface area contributed by atoms with Gasteiger partial charge in [0.2, 0.25) is 17.7 Å². The van der Waals surface area contributed by atoms with Crippen LogP contribution in [0.25, 0.3) is 0 Å². The van der Waals surface area contributed by atoms with Crippen molar-refractivity contribution in [2.45, 2.75) is 33.7 Å². The van der Waals surface area contributed by atoms with Crippen molar-refractivity contribution in [2.75, 3.05) is 30.4 Å². The molecule has 4 amide bonds. The number of carbonyl (C=O) groups excluding carboxylic acids is 4. The molecular formula is C18H23I3N4O4. The van der Waals surface area contributed by atoms with Crippen LogP contribution in [0, 0.1) is 10.7 Å². The van der Waals surface area contributed by atoms with Crippen molar-refractivity contribution < 1.29 is 19.2 Å². The molecule has 0 atom stereocenters. The summed E-state index contributed by atoms with van der Waals surface area (Å²) >= 11 is 6.13. The Balaban J connectivity index is 3.56. The normalized spacial score (nSPS) is 10.6. The van der Waals surface area contributed by atoms with Gasteiger partial charge in [-0.15, -0.1) is 0 Å². The highest BCUT2D eigenvalue weighted by molar-refractivity contribution is 14.1. The van der Waals surface area contributed by atoms with Crippen molar-refractivity contribution in [3.8, 4) is 0 Å². The fourth-order valence-corrected chi connectivity index (χ4v) is 7.47.